The maximum absolute atomic E-state index is 12.0. The number of halogens is 1. The van der Waals surface area contributed by atoms with Gasteiger partial charge in [0.05, 0.1) is 6.67 Å². The number of guanidine groups is 1. The van der Waals surface area contributed by atoms with E-state index >= 15 is 0 Å². The van der Waals surface area contributed by atoms with Gasteiger partial charge in [-0.15, -0.1) is 0 Å². The van der Waals surface area contributed by atoms with Crippen LogP contribution in [0.1, 0.15) is 20.3 Å². The maximum Gasteiger partial charge on any atom is 0.193 e. The van der Waals surface area contributed by atoms with Gasteiger partial charge in [-0.2, -0.15) is 11.8 Å². The maximum atomic E-state index is 12.0. The Bertz CT molecular complexity index is 243. The average molecular weight is 247 g/mol. The van der Waals surface area contributed by atoms with E-state index in [2.05, 4.69) is 29.1 Å². The van der Waals surface area contributed by atoms with Gasteiger partial charge in [-0.25, -0.2) is 0 Å². The highest BCUT2D eigenvalue weighted by molar-refractivity contribution is 8.00. The van der Waals surface area contributed by atoms with Gasteiger partial charge in [-0.1, -0.05) is 0 Å². The van der Waals surface area contributed by atoms with Gasteiger partial charge in [0.25, 0.3) is 0 Å². The van der Waals surface area contributed by atoms with Gasteiger partial charge in [-0.3, -0.25) is 9.38 Å². The highest BCUT2D eigenvalue weighted by Crippen LogP contribution is 2.29. The van der Waals surface area contributed by atoms with Gasteiger partial charge in [0.1, 0.15) is 0 Å². The molecule has 1 fully saturated rings. The molecule has 1 aliphatic rings. The van der Waals surface area contributed by atoms with Crippen LogP contribution < -0.4 is 5.32 Å². The summed E-state index contributed by atoms with van der Waals surface area (Å²) in [6.07, 6.45) is 0.547. The predicted molar refractivity (Wildman–Crippen MR) is 70.1 cm³/mol. The van der Waals surface area contributed by atoms with E-state index in [0.717, 1.165) is 24.8 Å². The molecule has 0 aromatic heterocycles. The van der Waals surface area contributed by atoms with Crippen LogP contribution in [0.15, 0.2) is 4.99 Å². The first kappa shape index (κ1) is 13.6. The van der Waals surface area contributed by atoms with E-state index in [1.54, 1.807) is 7.05 Å². The number of alkyl halides is 1. The Labute approximate surface area is 102 Å². The highest BCUT2D eigenvalue weighted by atomic mass is 32.2. The van der Waals surface area contributed by atoms with Crippen LogP contribution in [0.3, 0.4) is 0 Å². The van der Waals surface area contributed by atoms with Crippen LogP contribution in [0.2, 0.25) is 0 Å². The van der Waals surface area contributed by atoms with Crippen molar-refractivity contribution >= 4 is 17.7 Å². The fourth-order valence-corrected chi connectivity index (χ4v) is 2.91. The molecule has 0 spiro atoms. The van der Waals surface area contributed by atoms with E-state index in [4.69, 9.17) is 0 Å². The summed E-state index contributed by atoms with van der Waals surface area (Å²) >= 11 is 2.00. The molecule has 16 heavy (non-hydrogen) atoms. The summed E-state index contributed by atoms with van der Waals surface area (Å²) in [5.41, 5.74) is 0. The SMILES string of the molecule is CN=C(NCCCF)N1CCSC(C)(C)C1. The number of thioether (sulfide) groups is 1. The van der Waals surface area contributed by atoms with E-state index in [0.29, 0.717) is 13.0 Å². The summed E-state index contributed by atoms with van der Waals surface area (Å²) in [7, 11) is 1.78. The summed E-state index contributed by atoms with van der Waals surface area (Å²) in [5.74, 6) is 2.03. The molecule has 0 aliphatic carbocycles. The second-order valence-electron chi connectivity index (χ2n) is 4.55. The van der Waals surface area contributed by atoms with Crippen molar-refractivity contribution in [1.29, 1.82) is 0 Å². The molecule has 0 atom stereocenters. The summed E-state index contributed by atoms with van der Waals surface area (Å²) in [6, 6.07) is 0. The smallest absolute Gasteiger partial charge is 0.193 e. The van der Waals surface area contributed by atoms with Gasteiger partial charge in [-0.05, 0) is 20.3 Å². The van der Waals surface area contributed by atoms with Crippen molar-refractivity contribution in [1.82, 2.24) is 10.2 Å². The minimum absolute atomic E-state index is 0.272. The van der Waals surface area contributed by atoms with Crippen molar-refractivity contribution < 1.29 is 4.39 Å². The fraction of sp³-hybridized carbons (Fsp3) is 0.909. The predicted octanol–water partition coefficient (Wildman–Crippen LogP) is 1.75. The van der Waals surface area contributed by atoms with Gasteiger partial charge in [0.15, 0.2) is 5.96 Å². The summed E-state index contributed by atoms with van der Waals surface area (Å²) in [4.78, 5) is 6.51. The molecule has 0 aromatic rings. The zero-order valence-corrected chi connectivity index (χ0v) is 11.2. The van der Waals surface area contributed by atoms with Crippen LogP contribution in [0.25, 0.3) is 0 Å². The first-order chi connectivity index (χ1) is 7.59. The normalized spacial score (nSPS) is 21.0. The number of rotatable bonds is 3. The lowest BCUT2D eigenvalue weighted by Crippen LogP contribution is -2.51. The Morgan fingerprint density at radius 2 is 2.31 bits per heavy atom. The number of nitrogens with zero attached hydrogens (tertiary/aromatic N) is 2. The third-order valence-corrected chi connectivity index (χ3v) is 3.83. The zero-order valence-electron chi connectivity index (χ0n) is 10.4. The van der Waals surface area contributed by atoms with Crippen molar-refractivity contribution in [2.45, 2.75) is 25.0 Å². The molecule has 3 nitrogen and oxygen atoms in total. The third kappa shape index (κ3) is 4.20. The molecule has 1 aliphatic heterocycles. The molecular formula is C11H22FN3S. The van der Waals surface area contributed by atoms with Crippen LogP contribution >= 0.6 is 11.8 Å². The monoisotopic (exact) mass is 247 g/mol. The highest BCUT2D eigenvalue weighted by Gasteiger charge is 2.28. The van der Waals surface area contributed by atoms with Crippen molar-refractivity contribution in [3.8, 4) is 0 Å². The van der Waals surface area contributed by atoms with E-state index in [9.17, 15) is 4.39 Å². The van der Waals surface area contributed by atoms with Crippen LogP contribution in [-0.2, 0) is 0 Å². The molecule has 0 amide bonds. The molecule has 0 saturated carbocycles. The Kier molecular flexibility index (Phi) is 5.38. The van der Waals surface area contributed by atoms with E-state index in [-0.39, 0.29) is 11.4 Å². The van der Waals surface area contributed by atoms with Crippen LogP contribution in [0.4, 0.5) is 4.39 Å². The average Bonchev–Trinajstić information content (AvgIpc) is 2.23. The van der Waals surface area contributed by atoms with Crippen molar-refractivity contribution in [2.75, 3.05) is 39.1 Å². The molecule has 5 heteroatoms. The quantitative estimate of drug-likeness (QED) is 0.468. The molecule has 1 saturated heterocycles. The molecular weight excluding hydrogens is 225 g/mol. The summed E-state index contributed by atoms with van der Waals surface area (Å²) in [5, 5.41) is 3.20. The standard InChI is InChI=1S/C11H22FN3S/c1-11(2)9-15(7-8-16-11)10(13-3)14-6-4-5-12/h4-9H2,1-3H3,(H,13,14). The van der Waals surface area contributed by atoms with Crippen LogP contribution in [-0.4, -0.2) is 54.7 Å². The molecule has 1 heterocycles. The van der Waals surface area contributed by atoms with Gasteiger partial charge < -0.3 is 10.2 Å². The Morgan fingerprint density at radius 1 is 1.56 bits per heavy atom. The van der Waals surface area contributed by atoms with Crippen molar-refractivity contribution in [2.24, 2.45) is 4.99 Å². The second-order valence-corrected chi connectivity index (χ2v) is 6.35. The van der Waals surface area contributed by atoms with E-state index < -0.39 is 0 Å². The Balaban J connectivity index is 2.46. The number of nitrogens with one attached hydrogen (secondary N) is 1. The minimum Gasteiger partial charge on any atom is -0.356 e. The molecule has 1 N–H and O–H groups in total. The van der Waals surface area contributed by atoms with E-state index in [1.165, 1.54) is 0 Å². The van der Waals surface area contributed by atoms with Gasteiger partial charge in [0.2, 0.25) is 0 Å². The van der Waals surface area contributed by atoms with Gasteiger partial charge >= 0.3 is 0 Å². The molecule has 0 aromatic carbocycles. The Hall–Kier alpha value is -0.450. The number of hydrogen-bond acceptors (Lipinski definition) is 2. The molecule has 0 bridgehead atoms. The molecule has 0 radical (unpaired) electrons. The van der Waals surface area contributed by atoms with Crippen molar-refractivity contribution in [3.63, 3.8) is 0 Å². The summed E-state index contributed by atoms with van der Waals surface area (Å²) < 4.78 is 12.3. The first-order valence-electron chi connectivity index (χ1n) is 5.74. The molecule has 0 unspecified atom stereocenters. The lowest BCUT2D eigenvalue weighted by atomic mass is 10.2. The number of aliphatic imine (C=N–C) groups is 1. The van der Waals surface area contributed by atoms with Gasteiger partial charge in [0, 0.05) is 37.2 Å². The van der Waals surface area contributed by atoms with Crippen LogP contribution in [0, 0.1) is 0 Å². The topological polar surface area (TPSA) is 27.6 Å². The van der Waals surface area contributed by atoms with Crippen LogP contribution in [0.5, 0.6) is 0 Å². The lowest BCUT2D eigenvalue weighted by molar-refractivity contribution is 0.373. The van der Waals surface area contributed by atoms with Crippen molar-refractivity contribution in [3.05, 3.63) is 0 Å². The largest absolute Gasteiger partial charge is 0.356 e. The third-order valence-electron chi connectivity index (χ3n) is 2.53. The number of hydrogen-bond donors (Lipinski definition) is 1. The zero-order chi connectivity index (χ0) is 12.0. The Morgan fingerprint density at radius 3 is 2.88 bits per heavy atom. The first-order valence-corrected chi connectivity index (χ1v) is 6.73. The fourth-order valence-electron chi connectivity index (χ4n) is 1.80. The summed E-state index contributed by atoms with van der Waals surface area (Å²) in [6.45, 7) is 6.90. The molecule has 1 rings (SSSR count). The lowest BCUT2D eigenvalue weighted by Gasteiger charge is -2.39. The molecule has 94 valence electrons. The minimum atomic E-state index is -0.272. The second kappa shape index (κ2) is 6.33. The van der Waals surface area contributed by atoms with E-state index in [1.807, 2.05) is 11.8 Å².